The minimum absolute atomic E-state index is 0.193. The molecule has 1 aliphatic carbocycles. The Balaban J connectivity index is 2.06. The van der Waals surface area contributed by atoms with Gasteiger partial charge in [-0.1, -0.05) is 31.5 Å². The topological polar surface area (TPSA) is 52.6 Å². The van der Waals surface area contributed by atoms with Crippen LogP contribution in [0.3, 0.4) is 0 Å². The molecular weight excluding hydrogens is 252 g/mol. The summed E-state index contributed by atoms with van der Waals surface area (Å²) in [4.78, 5) is 14.1. The first kappa shape index (κ1) is 14.9. The van der Waals surface area contributed by atoms with Gasteiger partial charge in [-0.3, -0.25) is 4.79 Å². The third-order valence-electron chi connectivity index (χ3n) is 3.80. The van der Waals surface area contributed by atoms with Crippen LogP contribution in [0.25, 0.3) is 0 Å². The first-order chi connectivity index (χ1) is 9.63. The molecule has 1 fully saturated rings. The number of carbonyl (C=O) groups excluding carboxylic acids is 1. The smallest absolute Gasteiger partial charge is 0.251 e. The van der Waals surface area contributed by atoms with Crippen molar-refractivity contribution in [3.63, 3.8) is 0 Å². The second-order valence-corrected chi connectivity index (χ2v) is 5.53. The number of likely N-dealkylation sites (N-methyl/N-ethyl adjacent to an activating group) is 1. The number of nitrogens with one attached hydrogen (secondary N) is 1. The molecule has 0 aromatic heterocycles. The number of aliphatic hydroxyl groups excluding tert-OH is 1. The summed E-state index contributed by atoms with van der Waals surface area (Å²) in [5, 5.41) is 13.2. The van der Waals surface area contributed by atoms with Crippen molar-refractivity contribution in [2.75, 3.05) is 11.9 Å². The van der Waals surface area contributed by atoms with Crippen molar-refractivity contribution in [1.82, 2.24) is 5.32 Å². The third kappa shape index (κ3) is 3.73. The van der Waals surface area contributed by atoms with Gasteiger partial charge in [0.25, 0.3) is 5.91 Å². The van der Waals surface area contributed by atoms with Gasteiger partial charge >= 0.3 is 0 Å². The summed E-state index contributed by atoms with van der Waals surface area (Å²) in [6, 6.07) is 9.96. The molecule has 4 heteroatoms. The largest absolute Gasteiger partial charge is 0.381 e. The molecule has 1 aromatic carbocycles. The Hall–Kier alpha value is -1.55. The second kappa shape index (κ2) is 6.75. The number of hydrogen-bond donors (Lipinski definition) is 2. The molecule has 0 heterocycles. The quantitative estimate of drug-likeness (QED) is 0.800. The van der Waals surface area contributed by atoms with Crippen molar-refractivity contribution < 1.29 is 9.90 Å². The molecule has 1 aliphatic rings. The Bertz CT molecular complexity index is 431. The summed E-state index contributed by atoms with van der Waals surface area (Å²) in [6.45, 7) is 2.07. The predicted octanol–water partition coefficient (Wildman–Crippen LogP) is 1.93. The number of anilines is 1. The summed E-state index contributed by atoms with van der Waals surface area (Å²) < 4.78 is 0. The van der Waals surface area contributed by atoms with E-state index < -0.39 is 6.10 Å². The van der Waals surface area contributed by atoms with Crippen LogP contribution in [0.15, 0.2) is 30.3 Å². The number of aliphatic hydroxyl groups is 1. The molecule has 0 spiro atoms. The lowest BCUT2D eigenvalue weighted by atomic mass is 10.0. The lowest BCUT2D eigenvalue weighted by Gasteiger charge is -2.33. The fourth-order valence-corrected chi connectivity index (χ4v) is 2.40. The van der Waals surface area contributed by atoms with Crippen LogP contribution < -0.4 is 10.2 Å². The van der Waals surface area contributed by atoms with E-state index in [0.29, 0.717) is 0 Å². The average molecular weight is 276 g/mol. The van der Waals surface area contributed by atoms with E-state index in [4.69, 9.17) is 0 Å². The van der Waals surface area contributed by atoms with E-state index in [2.05, 4.69) is 12.2 Å². The Morgan fingerprint density at radius 1 is 1.40 bits per heavy atom. The maximum Gasteiger partial charge on any atom is 0.251 e. The molecule has 0 radical (unpaired) electrons. The summed E-state index contributed by atoms with van der Waals surface area (Å²) >= 11 is 0. The van der Waals surface area contributed by atoms with Crippen LogP contribution >= 0.6 is 0 Å². The maximum absolute atomic E-state index is 12.1. The van der Waals surface area contributed by atoms with Crippen LogP contribution in [0.2, 0.25) is 0 Å². The SMILES string of the molecule is CCCC(C(O)C(=O)NC1CC1)N(C)c1ccccc1. The van der Waals surface area contributed by atoms with Crippen LogP contribution in [0, 0.1) is 0 Å². The second-order valence-electron chi connectivity index (χ2n) is 5.53. The van der Waals surface area contributed by atoms with Crippen molar-refractivity contribution in [2.45, 2.75) is 50.8 Å². The van der Waals surface area contributed by atoms with Gasteiger partial charge in [0.05, 0.1) is 6.04 Å². The Morgan fingerprint density at radius 2 is 2.05 bits per heavy atom. The maximum atomic E-state index is 12.1. The zero-order chi connectivity index (χ0) is 14.5. The molecule has 4 nitrogen and oxygen atoms in total. The highest BCUT2D eigenvalue weighted by Crippen LogP contribution is 2.22. The highest BCUT2D eigenvalue weighted by atomic mass is 16.3. The van der Waals surface area contributed by atoms with Gasteiger partial charge in [-0.25, -0.2) is 0 Å². The molecule has 2 N–H and O–H groups in total. The van der Waals surface area contributed by atoms with Gasteiger partial charge in [0.1, 0.15) is 0 Å². The molecule has 1 saturated carbocycles. The molecule has 2 rings (SSSR count). The van der Waals surface area contributed by atoms with Gasteiger partial charge in [0.2, 0.25) is 0 Å². The van der Waals surface area contributed by atoms with E-state index >= 15 is 0 Å². The molecule has 0 bridgehead atoms. The van der Waals surface area contributed by atoms with Crippen molar-refractivity contribution >= 4 is 11.6 Å². The fraction of sp³-hybridized carbons (Fsp3) is 0.562. The molecule has 1 amide bonds. The van der Waals surface area contributed by atoms with Crippen LogP contribution in [0.4, 0.5) is 5.69 Å². The monoisotopic (exact) mass is 276 g/mol. The van der Waals surface area contributed by atoms with Gasteiger partial charge in [0, 0.05) is 18.8 Å². The highest BCUT2D eigenvalue weighted by molar-refractivity contribution is 5.82. The first-order valence-electron chi connectivity index (χ1n) is 7.39. The average Bonchev–Trinajstić information content (AvgIpc) is 3.28. The van der Waals surface area contributed by atoms with Crippen molar-refractivity contribution in [3.05, 3.63) is 30.3 Å². The van der Waals surface area contributed by atoms with Gasteiger partial charge in [0.15, 0.2) is 6.10 Å². The number of hydrogen-bond acceptors (Lipinski definition) is 3. The number of para-hydroxylation sites is 1. The Kier molecular flexibility index (Phi) is 5.01. The lowest BCUT2D eigenvalue weighted by Crippen LogP contribution is -2.50. The summed E-state index contributed by atoms with van der Waals surface area (Å²) in [5.41, 5.74) is 1.02. The zero-order valence-electron chi connectivity index (χ0n) is 12.2. The molecule has 110 valence electrons. The number of nitrogens with zero attached hydrogens (tertiary/aromatic N) is 1. The standard InChI is InChI=1S/C16H24N2O2/c1-3-7-14(15(19)16(20)17-12-10-11-12)18(2)13-8-5-4-6-9-13/h4-6,8-9,12,14-15,19H,3,7,10-11H2,1-2H3,(H,17,20). The number of carbonyl (C=O) groups is 1. The van der Waals surface area contributed by atoms with Crippen LogP contribution in [0.1, 0.15) is 32.6 Å². The van der Waals surface area contributed by atoms with E-state index in [1.54, 1.807) is 0 Å². The van der Waals surface area contributed by atoms with E-state index in [0.717, 1.165) is 31.4 Å². The Morgan fingerprint density at radius 3 is 2.60 bits per heavy atom. The Labute approximate surface area is 120 Å². The zero-order valence-corrected chi connectivity index (χ0v) is 12.2. The summed E-state index contributed by atoms with van der Waals surface area (Å²) in [5.74, 6) is -0.242. The van der Waals surface area contributed by atoms with Crippen molar-refractivity contribution in [3.8, 4) is 0 Å². The molecular formula is C16H24N2O2. The number of benzene rings is 1. The van der Waals surface area contributed by atoms with Gasteiger partial charge in [-0.05, 0) is 31.4 Å². The highest BCUT2D eigenvalue weighted by Gasteiger charge is 2.32. The van der Waals surface area contributed by atoms with Gasteiger partial charge in [-0.2, -0.15) is 0 Å². The summed E-state index contributed by atoms with van der Waals surface area (Å²) in [6.07, 6.45) is 2.79. The van der Waals surface area contributed by atoms with Crippen LogP contribution in [-0.2, 0) is 4.79 Å². The first-order valence-corrected chi connectivity index (χ1v) is 7.39. The molecule has 0 aliphatic heterocycles. The molecule has 0 saturated heterocycles. The van der Waals surface area contributed by atoms with E-state index in [9.17, 15) is 9.90 Å². The molecule has 20 heavy (non-hydrogen) atoms. The molecule has 2 unspecified atom stereocenters. The molecule has 2 atom stereocenters. The third-order valence-corrected chi connectivity index (χ3v) is 3.80. The van der Waals surface area contributed by atoms with E-state index in [1.165, 1.54) is 0 Å². The number of rotatable bonds is 7. The normalized spacial score (nSPS) is 17.4. The van der Waals surface area contributed by atoms with Crippen molar-refractivity contribution in [2.24, 2.45) is 0 Å². The van der Waals surface area contributed by atoms with Gasteiger partial charge < -0.3 is 15.3 Å². The van der Waals surface area contributed by atoms with Crippen molar-refractivity contribution in [1.29, 1.82) is 0 Å². The summed E-state index contributed by atoms with van der Waals surface area (Å²) in [7, 11) is 1.93. The molecule has 1 aromatic rings. The number of amides is 1. The van der Waals surface area contributed by atoms with E-state index in [-0.39, 0.29) is 18.0 Å². The van der Waals surface area contributed by atoms with Crippen LogP contribution in [0.5, 0.6) is 0 Å². The lowest BCUT2D eigenvalue weighted by molar-refractivity contribution is -0.130. The van der Waals surface area contributed by atoms with Crippen LogP contribution in [-0.4, -0.2) is 36.2 Å². The minimum atomic E-state index is -0.985. The minimum Gasteiger partial charge on any atom is -0.381 e. The predicted molar refractivity (Wildman–Crippen MR) is 80.7 cm³/mol. The van der Waals surface area contributed by atoms with Gasteiger partial charge in [-0.15, -0.1) is 0 Å². The fourth-order valence-electron chi connectivity index (χ4n) is 2.40. The van der Waals surface area contributed by atoms with E-state index in [1.807, 2.05) is 42.3 Å².